The minimum absolute atomic E-state index is 0. The molecule has 0 spiro atoms. The summed E-state index contributed by atoms with van der Waals surface area (Å²) in [5.74, 6) is 1.10. The van der Waals surface area contributed by atoms with Crippen LogP contribution in [-0.2, 0) is 0 Å². The number of aromatic nitrogens is 3. The molecule has 0 aliphatic carbocycles. The summed E-state index contributed by atoms with van der Waals surface area (Å²) in [7, 11) is 0. The van der Waals surface area contributed by atoms with Gasteiger partial charge in [-0.05, 0) is 38.5 Å². The van der Waals surface area contributed by atoms with Gasteiger partial charge in [0.1, 0.15) is 0 Å². The van der Waals surface area contributed by atoms with Crippen molar-refractivity contribution in [3.05, 3.63) is 43.0 Å². The molecule has 2 heterocycles. The van der Waals surface area contributed by atoms with Crippen molar-refractivity contribution in [2.24, 2.45) is 4.99 Å². The second kappa shape index (κ2) is 8.29. The lowest BCUT2D eigenvalue weighted by atomic mass is 10.0. The quantitative estimate of drug-likeness (QED) is 0.667. The minimum atomic E-state index is -0.188. The van der Waals surface area contributed by atoms with Gasteiger partial charge >= 0.3 is 0 Å². The van der Waals surface area contributed by atoms with E-state index in [2.05, 4.69) is 46.4 Å². The standard InChI is InChI=1S/C15H20N6.ClH/c1-4-15(2,3)21-14(19-12-7-5-8-16-11-12)20-13-17-9-6-10-18-13;/h5-11H,4H2,1-3H3,(H2,17,18,19,20,21);1H. The van der Waals surface area contributed by atoms with Crippen LogP contribution in [0.4, 0.5) is 11.6 Å². The van der Waals surface area contributed by atoms with Crippen molar-refractivity contribution < 1.29 is 0 Å². The minimum Gasteiger partial charge on any atom is -0.325 e. The lowest BCUT2D eigenvalue weighted by molar-refractivity contribution is 0.505. The van der Waals surface area contributed by atoms with Crippen molar-refractivity contribution in [3.63, 3.8) is 0 Å². The molecule has 0 saturated heterocycles. The third kappa shape index (κ3) is 5.65. The van der Waals surface area contributed by atoms with Crippen LogP contribution in [0.1, 0.15) is 27.2 Å². The average molecular weight is 321 g/mol. The normalized spacial score (nSPS) is 11.5. The fourth-order valence-electron chi connectivity index (χ4n) is 1.51. The molecule has 118 valence electrons. The third-order valence-corrected chi connectivity index (χ3v) is 3.00. The van der Waals surface area contributed by atoms with Crippen molar-refractivity contribution in [1.29, 1.82) is 0 Å². The second-order valence-electron chi connectivity index (χ2n) is 5.19. The monoisotopic (exact) mass is 320 g/mol. The molecule has 0 bridgehead atoms. The first-order valence-corrected chi connectivity index (χ1v) is 6.90. The Balaban J connectivity index is 0.00000242. The molecule has 0 radical (unpaired) electrons. The number of pyridine rings is 1. The lowest BCUT2D eigenvalue weighted by Crippen LogP contribution is -2.29. The molecule has 0 fully saturated rings. The van der Waals surface area contributed by atoms with Gasteiger partial charge in [0.2, 0.25) is 11.9 Å². The highest BCUT2D eigenvalue weighted by atomic mass is 35.5. The molecule has 6 nitrogen and oxygen atoms in total. The van der Waals surface area contributed by atoms with Crippen LogP contribution in [0.3, 0.4) is 0 Å². The number of hydrogen-bond acceptors (Lipinski definition) is 4. The summed E-state index contributed by atoms with van der Waals surface area (Å²) in [6.45, 7) is 6.25. The van der Waals surface area contributed by atoms with E-state index in [1.165, 1.54) is 0 Å². The average Bonchev–Trinajstić information content (AvgIpc) is 2.49. The molecule has 22 heavy (non-hydrogen) atoms. The molecule has 0 unspecified atom stereocenters. The fourth-order valence-corrected chi connectivity index (χ4v) is 1.51. The molecular formula is C15H21ClN6. The summed E-state index contributed by atoms with van der Waals surface area (Å²) >= 11 is 0. The highest BCUT2D eigenvalue weighted by Gasteiger charge is 2.15. The summed E-state index contributed by atoms with van der Waals surface area (Å²) < 4.78 is 0. The van der Waals surface area contributed by atoms with E-state index in [9.17, 15) is 0 Å². The van der Waals surface area contributed by atoms with Crippen LogP contribution in [0.5, 0.6) is 0 Å². The molecule has 0 aromatic carbocycles. The number of aliphatic imine (C=N–C) groups is 1. The van der Waals surface area contributed by atoms with Crippen LogP contribution < -0.4 is 10.6 Å². The largest absolute Gasteiger partial charge is 0.325 e. The Kier molecular flexibility index (Phi) is 6.72. The summed E-state index contributed by atoms with van der Waals surface area (Å²) in [6, 6.07) is 5.56. The van der Waals surface area contributed by atoms with Gasteiger partial charge in [-0.25, -0.2) is 15.0 Å². The van der Waals surface area contributed by atoms with Crippen molar-refractivity contribution in [2.45, 2.75) is 32.7 Å². The lowest BCUT2D eigenvalue weighted by Gasteiger charge is -2.20. The number of halogens is 1. The predicted octanol–water partition coefficient (Wildman–Crippen LogP) is 3.36. The summed E-state index contributed by atoms with van der Waals surface area (Å²) in [5.41, 5.74) is 0.665. The van der Waals surface area contributed by atoms with Gasteiger partial charge < -0.3 is 5.32 Å². The summed E-state index contributed by atoms with van der Waals surface area (Å²) in [6.07, 6.45) is 7.75. The predicted molar refractivity (Wildman–Crippen MR) is 92.6 cm³/mol. The number of nitrogens with zero attached hydrogens (tertiary/aromatic N) is 4. The Morgan fingerprint density at radius 3 is 2.45 bits per heavy atom. The van der Waals surface area contributed by atoms with Gasteiger partial charge in [0.15, 0.2) is 0 Å². The zero-order valence-corrected chi connectivity index (χ0v) is 13.8. The van der Waals surface area contributed by atoms with Gasteiger partial charge in [-0.15, -0.1) is 12.4 Å². The van der Waals surface area contributed by atoms with E-state index in [-0.39, 0.29) is 17.9 Å². The van der Waals surface area contributed by atoms with Crippen molar-refractivity contribution in [2.75, 3.05) is 10.6 Å². The molecule has 2 rings (SSSR count). The number of nitrogens with one attached hydrogen (secondary N) is 2. The van der Waals surface area contributed by atoms with Crippen LogP contribution in [-0.4, -0.2) is 26.5 Å². The Morgan fingerprint density at radius 1 is 1.14 bits per heavy atom. The van der Waals surface area contributed by atoms with Gasteiger partial charge in [-0.3, -0.25) is 10.3 Å². The van der Waals surface area contributed by atoms with Crippen molar-refractivity contribution in [1.82, 2.24) is 15.0 Å². The SMILES string of the molecule is CCC(C)(C)N=C(Nc1cccnc1)Nc1ncccn1.Cl. The zero-order valence-electron chi connectivity index (χ0n) is 12.9. The summed E-state index contributed by atoms with van der Waals surface area (Å²) in [5, 5.41) is 6.32. The fraction of sp³-hybridized carbons (Fsp3) is 0.333. The Morgan fingerprint density at radius 2 is 1.86 bits per heavy atom. The van der Waals surface area contributed by atoms with E-state index >= 15 is 0 Å². The van der Waals surface area contributed by atoms with Crippen LogP contribution >= 0.6 is 12.4 Å². The van der Waals surface area contributed by atoms with E-state index in [1.807, 2.05) is 12.1 Å². The van der Waals surface area contributed by atoms with Crippen LogP contribution in [0.15, 0.2) is 48.0 Å². The van der Waals surface area contributed by atoms with Gasteiger partial charge in [-0.1, -0.05) is 6.92 Å². The number of guanidine groups is 1. The molecule has 0 saturated carbocycles. The van der Waals surface area contributed by atoms with E-state index in [1.54, 1.807) is 30.9 Å². The Bertz CT molecular complexity index is 542. The van der Waals surface area contributed by atoms with Gasteiger partial charge in [0.25, 0.3) is 0 Å². The zero-order chi connectivity index (χ0) is 15.1. The molecule has 7 heteroatoms. The van der Waals surface area contributed by atoms with Crippen LogP contribution in [0, 0.1) is 0 Å². The van der Waals surface area contributed by atoms with Gasteiger partial charge in [0.05, 0.1) is 17.4 Å². The second-order valence-corrected chi connectivity index (χ2v) is 5.19. The van der Waals surface area contributed by atoms with Gasteiger partial charge in [-0.2, -0.15) is 0 Å². The topological polar surface area (TPSA) is 75.1 Å². The molecule has 2 N–H and O–H groups in total. The maximum absolute atomic E-state index is 4.70. The number of rotatable bonds is 4. The first-order valence-electron chi connectivity index (χ1n) is 6.90. The molecule has 2 aromatic rings. The van der Waals surface area contributed by atoms with E-state index in [4.69, 9.17) is 4.99 Å². The first-order chi connectivity index (χ1) is 10.1. The maximum atomic E-state index is 4.70. The van der Waals surface area contributed by atoms with Gasteiger partial charge in [0, 0.05) is 18.6 Å². The van der Waals surface area contributed by atoms with Crippen molar-refractivity contribution >= 4 is 30.0 Å². The maximum Gasteiger partial charge on any atom is 0.229 e. The van der Waals surface area contributed by atoms with Crippen LogP contribution in [0.2, 0.25) is 0 Å². The molecule has 0 amide bonds. The van der Waals surface area contributed by atoms with E-state index in [0.29, 0.717) is 11.9 Å². The highest BCUT2D eigenvalue weighted by molar-refractivity contribution is 6.02. The number of hydrogen-bond donors (Lipinski definition) is 2. The van der Waals surface area contributed by atoms with E-state index < -0.39 is 0 Å². The van der Waals surface area contributed by atoms with Crippen molar-refractivity contribution in [3.8, 4) is 0 Å². The molecule has 0 aliphatic rings. The van der Waals surface area contributed by atoms with E-state index in [0.717, 1.165) is 12.1 Å². The molecule has 2 aromatic heterocycles. The molecular weight excluding hydrogens is 300 g/mol. The highest BCUT2D eigenvalue weighted by Crippen LogP contribution is 2.15. The molecule has 0 atom stereocenters. The first kappa shape index (κ1) is 17.8. The smallest absolute Gasteiger partial charge is 0.229 e. The summed E-state index contributed by atoms with van der Waals surface area (Å²) in [4.78, 5) is 17.1. The number of anilines is 2. The Hall–Kier alpha value is -2.21. The molecule has 0 aliphatic heterocycles. The third-order valence-electron chi connectivity index (χ3n) is 3.00. The van der Waals surface area contributed by atoms with Crippen LogP contribution in [0.25, 0.3) is 0 Å². The Labute approximate surface area is 136 Å².